The van der Waals surface area contributed by atoms with Gasteiger partial charge in [0.25, 0.3) is 0 Å². The van der Waals surface area contributed by atoms with Crippen LogP contribution in [0.5, 0.6) is 5.88 Å². The summed E-state index contributed by atoms with van der Waals surface area (Å²) in [4.78, 5) is 35.0. The lowest BCUT2D eigenvalue weighted by molar-refractivity contribution is 0.0599. The van der Waals surface area contributed by atoms with E-state index < -0.39 is 5.97 Å². The number of aromatic amines is 1. The van der Waals surface area contributed by atoms with Crippen LogP contribution in [0.2, 0.25) is 0 Å². The van der Waals surface area contributed by atoms with Crippen LogP contribution in [0.15, 0.2) is 65.7 Å². The summed E-state index contributed by atoms with van der Waals surface area (Å²) in [5, 5.41) is 11.8. The predicted octanol–water partition coefficient (Wildman–Crippen LogP) is 5.60. The summed E-state index contributed by atoms with van der Waals surface area (Å²) in [5.74, 6) is -0.586. The van der Waals surface area contributed by atoms with Crippen molar-refractivity contribution in [1.82, 2.24) is 9.88 Å². The molecule has 0 saturated carbocycles. The maximum atomic E-state index is 12.8. The number of ether oxygens (including phenoxy) is 2. The molecule has 4 rings (SSSR count). The van der Waals surface area contributed by atoms with Gasteiger partial charge in [0.1, 0.15) is 6.61 Å². The molecule has 0 unspecified atom stereocenters. The molecule has 0 aliphatic carbocycles. The standard InChI is InChI=1S/C32H35N3O5/c1-20-16-23(12-13-24(20)28(36)19-40-15-9-14-35(3)4)33-30(22-10-7-6-8-11-22)29-26-17-21(2)25(32(38)39-5)18-27(26)34-31(29)37/h6-8,10-13,16-18,34,37H,9,14-15,19H2,1-5H3. The van der Waals surface area contributed by atoms with Crippen molar-refractivity contribution in [3.63, 3.8) is 0 Å². The first-order valence-corrected chi connectivity index (χ1v) is 13.1. The zero-order chi connectivity index (χ0) is 28.8. The molecule has 1 heterocycles. The van der Waals surface area contributed by atoms with Gasteiger partial charge >= 0.3 is 5.97 Å². The number of aryl methyl sites for hydroxylation is 2. The summed E-state index contributed by atoms with van der Waals surface area (Å²) in [6.07, 6.45) is 0.861. The minimum absolute atomic E-state index is 0.0300. The lowest BCUT2D eigenvalue weighted by Crippen LogP contribution is -2.16. The monoisotopic (exact) mass is 541 g/mol. The first kappa shape index (κ1) is 28.7. The second-order valence-electron chi connectivity index (χ2n) is 10.0. The molecule has 0 spiro atoms. The molecular formula is C32H35N3O5. The van der Waals surface area contributed by atoms with E-state index in [4.69, 9.17) is 14.5 Å². The highest BCUT2D eigenvalue weighted by atomic mass is 16.5. The SMILES string of the molecule is COC(=O)c1cc2[nH]c(O)c(C(=Nc3ccc(C(=O)COCCCN(C)C)c(C)c3)c3ccccc3)c2cc1C. The highest BCUT2D eigenvalue weighted by Crippen LogP contribution is 2.33. The summed E-state index contributed by atoms with van der Waals surface area (Å²) in [6.45, 7) is 5.16. The Hall–Kier alpha value is -4.27. The Morgan fingerprint density at radius 3 is 2.38 bits per heavy atom. The molecule has 0 amide bonds. The normalized spacial score (nSPS) is 11.8. The number of methoxy groups -OCH3 is 1. The molecule has 208 valence electrons. The van der Waals surface area contributed by atoms with E-state index in [1.165, 1.54) is 7.11 Å². The average molecular weight is 542 g/mol. The van der Waals surface area contributed by atoms with Gasteiger partial charge in [-0.25, -0.2) is 9.79 Å². The van der Waals surface area contributed by atoms with Gasteiger partial charge in [-0.05, 0) is 82.4 Å². The van der Waals surface area contributed by atoms with Gasteiger partial charge in [-0.2, -0.15) is 0 Å². The lowest BCUT2D eigenvalue weighted by Gasteiger charge is -2.11. The third-order valence-electron chi connectivity index (χ3n) is 6.69. The van der Waals surface area contributed by atoms with Crippen molar-refractivity contribution in [2.24, 2.45) is 4.99 Å². The fourth-order valence-corrected chi connectivity index (χ4v) is 4.65. The zero-order valence-corrected chi connectivity index (χ0v) is 23.6. The zero-order valence-electron chi connectivity index (χ0n) is 23.6. The Labute approximate surface area is 234 Å². The van der Waals surface area contributed by atoms with Crippen LogP contribution in [-0.2, 0) is 9.47 Å². The Morgan fingerprint density at radius 1 is 0.975 bits per heavy atom. The first-order valence-electron chi connectivity index (χ1n) is 13.1. The van der Waals surface area contributed by atoms with Crippen LogP contribution in [-0.4, -0.2) is 73.4 Å². The Balaban J connectivity index is 1.70. The number of esters is 1. The van der Waals surface area contributed by atoms with Crippen molar-refractivity contribution >= 4 is 34.1 Å². The number of hydrogen-bond donors (Lipinski definition) is 2. The second kappa shape index (κ2) is 12.7. The number of benzene rings is 3. The number of nitrogens with zero attached hydrogens (tertiary/aromatic N) is 2. The largest absolute Gasteiger partial charge is 0.494 e. The number of aromatic nitrogens is 1. The number of H-pyrrole nitrogens is 1. The van der Waals surface area contributed by atoms with Crippen LogP contribution in [0.3, 0.4) is 0 Å². The van der Waals surface area contributed by atoms with Crippen LogP contribution in [0.4, 0.5) is 5.69 Å². The summed E-state index contributed by atoms with van der Waals surface area (Å²) >= 11 is 0. The van der Waals surface area contributed by atoms with Gasteiger partial charge in [0.15, 0.2) is 11.7 Å². The molecule has 3 aromatic carbocycles. The molecule has 0 fully saturated rings. The van der Waals surface area contributed by atoms with Crippen LogP contribution < -0.4 is 0 Å². The Morgan fingerprint density at radius 2 is 1.70 bits per heavy atom. The number of rotatable bonds is 11. The fraction of sp³-hybridized carbons (Fsp3) is 0.281. The van der Waals surface area contributed by atoms with Gasteiger partial charge in [-0.15, -0.1) is 0 Å². The highest BCUT2D eigenvalue weighted by Gasteiger charge is 2.21. The number of Topliss-reactive ketones (excluding diaryl/α,β-unsaturated/α-hetero) is 1. The first-order chi connectivity index (χ1) is 19.2. The second-order valence-corrected chi connectivity index (χ2v) is 10.0. The van der Waals surface area contributed by atoms with Gasteiger partial charge in [0.2, 0.25) is 0 Å². The lowest BCUT2D eigenvalue weighted by atomic mass is 9.98. The van der Waals surface area contributed by atoms with Crippen molar-refractivity contribution in [1.29, 1.82) is 0 Å². The van der Waals surface area contributed by atoms with Gasteiger partial charge < -0.3 is 24.5 Å². The maximum Gasteiger partial charge on any atom is 0.338 e. The number of aliphatic imine (C=N–C) groups is 1. The van der Waals surface area contributed by atoms with E-state index in [0.717, 1.165) is 35.0 Å². The van der Waals surface area contributed by atoms with Crippen molar-refractivity contribution in [2.75, 3.05) is 41.0 Å². The van der Waals surface area contributed by atoms with E-state index in [2.05, 4.69) is 9.88 Å². The number of aromatic hydroxyl groups is 1. The smallest absolute Gasteiger partial charge is 0.338 e. The van der Waals surface area contributed by atoms with E-state index in [1.54, 1.807) is 18.2 Å². The summed E-state index contributed by atoms with van der Waals surface area (Å²) < 4.78 is 10.5. The number of hydrogen-bond acceptors (Lipinski definition) is 7. The minimum atomic E-state index is -0.448. The van der Waals surface area contributed by atoms with Gasteiger partial charge in [-0.1, -0.05) is 30.3 Å². The molecule has 0 aliphatic rings. The highest BCUT2D eigenvalue weighted by molar-refractivity contribution is 6.22. The molecule has 8 nitrogen and oxygen atoms in total. The molecule has 0 bridgehead atoms. The van der Waals surface area contributed by atoms with E-state index in [1.807, 2.05) is 70.4 Å². The van der Waals surface area contributed by atoms with Crippen LogP contribution in [0.1, 0.15) is 49.4 Å². The molecule has 8 heteroatoms. The van der Waals surface area contributed by atoms with Gasteiger partial charge in [-0.3, -0.25) is 4.79 Å². The molecule has 40 heavy (non-hydrogen) atoms. The van der Waals surface area contributed by atoms with E-state index >= 15 is 0 Å². The summed E-state index contributed by atoms with van der Waals surface area (Å²) in [6, 6.07) is 18.5. The molecule has 2 N–H and O–H groups in total. The minimum Gasteiger partial charge on any atom is -0.494 e. The number of ketones is 1. The van der Waals surface area contributed by atoms with Crippen LogP contribution in [0, 0.1) is 13.8 Å². The van der Waals surface area contributed by atoms with E-state index in [0.29, 0.717) is 40.2 Å². The van der Waals surface area contributed by atoms with Crippen LogP contribution >= 0.6 is 0 Å². The molecule has 1 aromatic heterocycles. The third kappa shape index (κ3) is 6.47. The van der Waals surface area contributed by atoms with Crippen molar-refractivity contribution < 1.29 is 24.2 Å². The van der Waals surface area contributed by atoms with Crippen molar-refractivity contribution in [3.05, 3.63) is 94.0 Å². The number of carbonyl (C=O) groups is 2. The van der Waals surface area contributed by atoms with E-state index in [9.17, 15) is 14.7 Å². The fourth-order valence-electron chi connectivity index (χ4n) is 4.65. The molecule has 0 radical (unpaired) electrons. The summed E-state index contributed by atoms with van der Waals surface area (Å²) in [5.41, 5.74) is 5.61. The number of fused-ring (bicyclic) bond motifs is 1. The molecule has 0 saturated heterocycles. The third-order valence-corrected chi connectivity index (χ3v) is 6.69. The Kier molecular flexibility index (Phi) is 9.14. The van der Waals surface area contributed by atoms with E-state index in [-0.39, 0.29) is 18.3 Å². The van der Waals surface area contributed by atoms with Gasteiger partial charge in [0, 0.05) is 28.6 Å². The number of carbonyl (C=O) groups excluding carboxylic acids is 2. The molecule has 0 aliphatic heterocycles. The summed E-state index contributed by atoms with van der Waals surface area (Å²) in [7, 11) is 5.34. The maximum absolute atomic E-state index is 12.8. The quantitative estimate of drug-likeness (QED) is 0.111. The molecule has 0 atom stereocenters. The van der Waals surface area contributed by atoms with Crippen molar-refractivity contribution in [3.8, 4) is 5.88 Å². The Bertz CT molecular complexity index is 1550. The van der Waals surface area contributed by atoms with Crippen molar-refractivity contribution in [2.45, 2.75) is 20.3 Å². The average Bonchev–Trinajstić information content (AvgIpc) is 3.25. The van der Waals surface area contributed by atoms with Crippen LogP contribution in [0.25, 0.3) is 10.9 Å². The molecular weight excluding hydrogens is 506 g/mol. The topological polar surface area (TPSA) is 104 Å². The number of nitrogens with one attached hydrogen (secondary N) is 1. The molecule has 4 aromatic rings. The predicted molar refractivity (Wildman–Crippen MR) is 157 cm³/mol. The van der Waals surface area contributed by atoms with Gasteiger partial charge in [0.05, 0.1) is 29.6 Å².